The van der Waals surface area contributed by atoms with Gasteiger partial charge in [0.1, 0.15) is 0 Å². The molecule has 0 spiro atoms. The Morgan fingerprint density at radius 1 is 0.903 bits per heavy atom. The van der Waals surface area contributed by atoms with Crippen LogP contribution in [-0.4, -0.2) is 49.1 Å². The summed E-state index contributed by atoms with van der Waals surface area (Å²) in [5.41, 5.74) is 0. The minimum atomic E-state index is -0.512. The average Bonchev–Trinajstić information content (AvgIpc) is 3.13. The SMILES string of the molecule is CC(C1C=CC=C1P(c1ccccc1)c1ccccc1)N(C)CCN1CCCCCC1. The van der Waals surface area contributed by atoms with E-state index in [9.17, 15) is 0 Å². The topological polar surface area (TPSA) is 6.48 Å². The van der Waals surface area contributed by atoms with Crippen LogP contribution in [0.4, 0.5) is 0 Å². The number of benzene rings is 2. The van der Waals surface area contributed by atoms with E-state index in [1.807, 2.05) is 0 Å². The van der Waals surface area contributed by atoms with Gasteiger partial charge in [0.15, 0.2) is 0 Å². The highest BCUT2D eigenvalue weighted by molar-refractivity contribution is 7.76. The molecule has 1 heterocycles. The van der Waals surface area contributed by atoms with Crippen molar-refractivity contribution in [3.8, 4) is 0 Å². The molecule has 164 valence electrons. The van der Waals surface area contributed by atoms with Gasteiger partial charge in [-0.25, -0.2) is 0 Å². The van der Waals surface area contributed by atoms with Crippen molar-refractivity contribution in [2.45, 2.75) is 38.6 Å². The van der Waals surface area contributed by atoms with Crippen molar-refractivity contribution in [1.29, 1.82) is 0 Å². The molecule has 2 atom stereocenters. The minimum absolute atomic E-state index is 0.473. The van der Waals surface area contributed by atoms with Gasteiger partial charge < -0.3 is 9.80 Å². The van der Waals surface area contributed by atoms with Crippen LogP contribution in [0.3, 0.4) is 0 Å². The number of hydrogen-bond donors (Lipinski definition) is 0. The molecule has 0 bridgehead atoms. The van der Waals surface area contributed by atoms with Crippen molar-refractivity contribution >= 4 is 18.5 Å². The smallest absolute Gasteiger partial charge is 0.0185 e. The zero-order chi connectivity index (χ0) is 21.5. The highest BCUT2D eigenvalue weighted by Crippen LogP contribution is 2.50. The molecule has 0 N–H and O–H groups in total. The first-order valence-corrected chi connectivity index (χ1v) is 13.3. The van der Waals surface area contributed by atoms with E-state index in [1.54, 1.807) is 5.31 Å². The summed E-state index contributed by atoms with van der Waals surface area (Å²) < 4.78 is 0. The van der Waals surface area contributed by atoms with E-state index >= 15 is 0 Å². The van der Waals surface area contributed by atoms with Crippen LogP contribution >= 0.6 is 7.92 Å². The molecule has 0 aromatic heterocycles. The Morgan fingerprint density at radius 3 is 2.06 bits per heavy atom. The summed E-state index contributed by atoms with van der Waals surface area (Å²) in [6.45, 7) is 7.32. The first kappa shape index (κ1) is 22.5. The Kier molecular flexibility index (Phi) is 8.14. The molecule has 1 fully saturated rings. The number of rotatable bonds is 8. The summed E-state index contributed by atoms with van der Waals surface area (Å²) in [6.07, 6.45) is 12.7. The van der Waals surface area contributed by atoms with E-state index in [0.717, 1.165) is 6.54 Å². The second kappa shape index (κ2) is 11.2. The number of allylic oxidation sites excluding steroid dienone is 2. The van der Waals surface area contributed by atoms with E-state index < -0.39 is 7.92 Å². The van der Waals surface area contributed by atoms with Crippen LogP contribution in [0, 0.1) is 5.92 Å². The Labute approximate surface area is 190 Å². The molecule has 0 amide bonds. The highest BCUT2D eigenvalue weighted by atomic mass is 31.1. The van der Waals surface area contributed by atoms with E-state index in [0.29, 0.717) is 12.0 Å². The van der Waals surface area contributed by atoms with Crippen LogP contribution in [0.1, 0.15) is 32.6 Å². The number of likely N-dealkylation sites (tertiary alicyclic amines) is 1. The fraction of sp³-hybridized carbons (Fsp3) is 0.429. The minimum Gasteiger partial charge on any atom is -0.302 e. The van der Waals surface area contributed by atoms with E-state index in [1.165, 1.54) is 55.9 Å². The van der Waals surface area contributed by atoms with Crippen LogP contribution < -0.4 is 10.6 Å². The Morgan fingerprint density at radius 2 is 1.48 bits per heavy atom. The molecule has 0 radical (unpaired) electrons. The largest absolute Gasteiger partial charge is 0.302 e. The molecule has 31 heavy (non-hydrogen) atoms. The summed E-state index contributed by atoms with van der Waals surface area (Å²) in [4.78, 5) is 5.26. The molecular weight excluding hydrogens is 395 g/mol. The maximum atomic E-state index is 2.68. The fourth-order valence-corrected chi connectivity index (χ4v) is 7.52. The van der Waals surface area contributed by atoms with Crippen LogP contribution in [0.5, 0.6) is 0 Å². The highest BCUT2D eigenvalue weighted by Gasteiger charge is 2.31. The maximum absolute atomic E-state index is 2.68. The molecule has 1 saturated heterocycles. The lowest BCUT2D eigenvalue weighted by molar-refractivity contribution is 0.185. The van der Waals surface area contributed by atoms with Crippen LogP contribution in [0.2, 0.25) is 0 Å². The third-order valence-corrected chi connectivity index (χ3v) is 9.49. The zero-order valence-corrected chi connectivity index (χ0v) is 20.1. The van der Waals surface area contributed by atoms with Gasteiger partial charge in [-0.3, -0.25) is 0 Å². The average molecular weight is 433 g/mol. The molecule has 3 heteroatoms. The van der Waals surface area contributed by atoms with Gasteiger partial charge in [-0.15, -0.1) is 0 Å². The maximum Gasteiger partial charge on any atom is 0.0185 e. The third-order valence-electron chi connectivity index (χ3n) is 6.90. The Hall–Kier alpha value is -1.73. The third kappa shape index (κ3) is 5.75. The predicted octanol–water partition coefficient (Wildman–Crippen LogP) is 5.39. The normalized spacial score (nSPS) is 20.8. The van der Waals surface area contributed by atoms with Crippen LogP contribution in [0.25, 0.3) is 0 Å². The van der Waals surface area contributed by atoms with Gasteiger partial charge in [0.2, 0.25) is 0 Å². The summed E-state index contributed by atoms with van der Waals surface area (Å²) >= 11 is 0. The van der Waals surface area contributed by atoms with Gasteiger partial charge in [-0.2, -0.15) is 0 Å². The van der Waals surface area contributed by atoms with Gasteiger partial charge in [-0.1, -0.05) is 91.7 Å². The molecular formula is C28H37N2P. The summed E-state index contributed by atoms with van der Waals surface area (Å²) in [5.74, 6) is 0.473. The Balaban J connectivity index is 1.48. The molecule has 2 aromatic carbocycles. The first-order chi connectivity index (χ1) is 15.2. The second-order valence-corrected chi connectivity index (χ2v) is 11.2. The lowest BCUT2D eigenvalue weighted by atomic mass is 10.0. The van der Waals surface area contributed by atoms with Gasteiger partial charge >= 0.3 is 0 Å². The first-order valence-electron chi connectivity index (χ1n) is 12.0. The Bertz CT molecular complexity index is 814. The van der Waals surface area contributed by atoms with E-state index in [4.69, 9.17) is 0 Å². The summed E-state index contributed by atoms with van der Waals surface area (Å²) in [6, 6.07) is 22.7. The number of nitrogens with zero attached hydrogens (tertiary/aromatic N) is 2. The fourth-order valence-electron chi connectivity index (χ4n) is 4.85. The second-order valence-electron chi connectivity index (χ2n) is 8.99. The standard InChI is InChI=1S/C28H37N2P/c1-24(29(2)22-23-30-20-11-3-4-12-21-30)27-18-13-19-28(27)31(25-14-7-5-8-15-25)26-16-9-6-10-17-26/h5-10,13-19,24,27H,3-4,11-12,20-23H2,1-2H3. The van der Waals surface area contributed by atoms with Gasteiger partial charge in [0, 0.05) is 25.0 Å². The zero-order valence-electron chi connectivity index (χ0n) is 19.2. The molecule has 2 aromatic rings. The molecule has 1 aliphatic carbocycles. The molecule has 2 nitrogen and oxygen atoms in total. The summed E-state index contributed by atoms with van der Waals surface area (Å²) in [7, 11) is 1.81. The lowest BCUT2D eigenvalue weighted by Crippen LogP contribution is -2.41. The molecule has 1 aliphatic heterocycles. The molecule has 0 saturated carbocycles. The quantitative estimate of drug-likeness (QED) is 0.517. The van der Waals surface area contributed by atoms with Crippen molar-refractivity contribution < 1.29 is 0 Å². The molecule has 2 aliphatic rings. The van der Waals surface area contributed by atoms with Gasteiger partial charge in [0.25, 0.3) is 0 Å². The monoisotopic (exact) mass is 432 g/mol. The van der Waals surface area contributed by atoms with Crippen molar-refractivity contribution in [2.75, 3.05) is 33.2 Å². The van der Waals surface area contributed by atoms with Crippen LogP contribution in [-0.2, 0) is 0 Å². The van der Waals surface area contributed by atoms with Crippen molar-refractivity contribution in [3.05, 3.63) is 84.2 Å². The number of hydrogen-bond acceptors (Lipinski definition) is 2. The van der Waals surface area contributed by atoms with E-state index in [-0.39, 0.29) is 0 Å². The van der Waals surface area contributed by atoms with E-state index in [2.05, 4.69) is 103 Å². The molecule has 4 rings (SSSR count). The number of likely N-dealkylation sites (N-methyl/N-ethyl adjacent to an activating group) is 1. The van der Waals surface area contributed by atoms with Gasteiger partial charge in [-0.05, 0) is 63.7 Å². The summed E-state index contributed by atoms with van der Waals surface area (Å²) in [5, 5.41) is 4.48. The lowest BCUT2D eigenvalue weighted by Gasteiger charge is -2.35. The predicted molar refractivity (Wildman–Crippen MR) is 137 cm³/mol. The van der Waals surface area contributed by atoms with Crippen molar-refractivity contribution in [3.63, 3.8) is 0 Å². The van der Waals surface area contributed by atoms with Crippen LogP contribution in [0.15, 0.2) is 84.2 Å². The molecule has 2 unspecified atom stereocenters. The van der Waals surface area contributed by atoms with Gasteiger partial charge in [0.05, 0.1) is 0 Å². The van der Waals surface area contributed by atoms with Crippen molar-refractivity contribution in [2.24, 2.45) is 5.92 Å². The van der Waals surface area contributed by atoms with Crippen molar-refractivity contribution in [1.82, 2.24) is 9.80 Å².